The number of anilines is 1. The fourth-order valence-corrected chi connectivity index (χ4v) is 2.95. The first-order valence-corrected chi connectivity index (χ1v) is 6.75. The van der Waals surface area contributed by atoms with Gasteiger partial charge in [0.05, 0.1) is 16.7 Å². The SMILES string of the molecule is Cc1nc(C(C)Nc2ccc(F)cc2C)c(C)s1. The highest BCUT2D eigenvalue weighted by Crippen LogP contribution is 2.27. The lowest BCUT2D eigenvalue weighted by Crippen LogP contribution is -2.09. The van der Waals surface area contributed by atoms with Crippen molar-refractivity contribution in [3.05, 3.63) is 45.2 Å². The number of thiazole rings is 1. The Kier molecular flexibility index (Phi) is 3.66. The average Bonchev–Trinajstić information content (AvgIpc) is 2.62. The van der Waals surface area contributed by atoms with Crippen LogP contribution in [0, 0.1) is 26.6 Å². The molecule has 0 aliphatic carbocycles. The second-order valence-electron chi connectivity index (χ2n) is 4.50. The number of nitrogens with zero attached hydrogens (tertiary/aromatic N) is 1. The third-order valence-electron chi connectivity index (χ3n) is 2.91. The van der Waals surface area contributed by atoms with Crippen LogP contribution in [0.5, 0.6) is 0 Å². The smallest absolute Gasteiger partial charge is 0.123 e. The van der Waals surface area contributed by atoms with Crippen molar-refractivity contribution in [3.8, 4) is 0 Å². The molecule has 1 aromatic carbocycles. The maximum Gasteiger partial charge on any atom is 0.123 e. The van der Waals surface area contributed by atoms with E-state index in [1.165, 1.54) is 17.0 Å². The number of aryl methyl sites for hydroxylation is 3. The fourth-order valence-electron chi connectivity index (χ4n) is 2.04. The third kappa shape index (κ3) is 2.70. The number of benzene rings is 1. The summed E-state index contributed by atoms with van der Waals surface area (Å²) in [6, 6.07) is 4.91. The molecule has 1 atom stereocenters. The van der Waals surface area contributed by atoms with Gasteiger partial charge in [0.1, 0.15) is 5.82 Å². The van der Waals surface area contributed by atoms with Gasteiger partial charge in [0.15, 0.2) is 0 Å². The summed E-state index contributed by atoms with van der Waals surface area (Å²) in [4.78, 5) is 5.76. The van der Waals surface area contributed by atoms with Crippen molar-refractivity contribution in [1.29, 1.82) is 0 Å². The van der Waals surface area contributed by atoms with E-state index in [2.05, 4.69) is 24.1 Å². The van der Waals surface area contributed by atoms with Crippen LogP contribution >= 0.6 is 11.3 Å². The molecule has 0 fully saturated rings. The van der Waals surface area contributed by atoms with E-state index in [9.17, 15) is 4.39 Å². The molecular formula is C14H17FN2S. The van der Waals surface area contributed by atoms with Gasteiger partial charge in [-0.2, -0.15) is 0 Å². The Labute approximate surface area is 111 Å². The maximum atomic E-state index is 13.0. The van der Waals surface area contributed by atoms with Crippen molar-refractivity contribution in [2.24, 2.45) is 0 Å². The maximum absolute atomic E-state index is 13.0. The van der Waals surface area contributed by atoms with Crippen LogP contribution in [0.4, 0.5) is 10.1 Å². The van der Waals surface area contributed by atoms with Crippen LogP contribution in [0.15, 0.2) is 18.2 Å². The monoisotopic (exact) mass is 264 g/mol. The number of hydrogen-bond acceptors (Lipinski definition) is 3. The van der Waals surface area contributed by atoms with Crippen molar-refractivity contribution in [2.75, 3.05) is 5.32 Å². The van der Waals surface area contributed by atoms with Crippen LogP contribution in [0.3, 0.4) is 0 Å². The number of aromatic nitrogens is 1. The lowest BCUT2D eigenvalue weighted by atomic mass is 10.1. The summed E-state index contributed by atoms with van der Waals surface area (Å²) in [7, 11) is 0. The molecule has 1 aromatic heterocycles. The van der Waals surface area contributed by atoms with Crippen molar-refractivity contribution in [1.82, 2.24) is 4.98 Å². The Balaban J connectivity index is 2.21. The molecule has 0 radical (unpaired) electrons. The molecule has 1 heterocycles. The molecule has 0 aliphatic heterocycles. The zero-order valence-corrected chi connectivity index (χ0v) is 11.9. The molecule has 1 N–H and O–H groups in total. The molecule has 1 unspecified atom stereocenters. The largest absolute Gasteiger partial charge is 0.377 e. The van der Waals surface area contributed by atoms with Crippen LogP contribution in [0.1, 0.15) is 34.1 Å². The molecule has 2 rings (SSSR count). The topological polar surface area (TPSA) is 24.9 Å². The average molecular weight is 264 g/mol. The normalized spacial score (nSPS) is 12.5. The zero-order chi connectivity index (χ0) is 13.3. The second kappa shape index (κ2) is 5.06. The quantitative estimate of drug-likeness (QED) is 0.889. The van der Waals surface area contributed by atoms with Crippen LogP contribution in [0.2, 0.25) is 0 Å². The summed E-state index contributed by atoms with van der Waals surface area (Å²) in [5.74, 6) is -0.202. The Morgan fingerprint density at radius 3 is 2.56 bits per heavy atom. The molecular weight excluding hydrogens is 247 g/mol. The summed E-state index contributed by atoms with van der Waals surface area (Å²) < 4.78 is 13.0. The predicted molar refractivity (Wildman–Crippen MR) is 74.8 cm³/mol. The van der Waals surface area contributed by atoms with Gasteiger partial charge >= 0.3 is 0 Å². The summed E-state index contributed by atoms with van der Waals surface area (Å²) in [6.45, 7) is 8.06. The highest BCUT2D eigenvalue weighted by molar-refractivity contribution is 7.11. The highest BCUT2D eigenvalue weighted by atomic mass is 32.1. The van der Waals surface area contributed by atoms with E-state index in [-0.39, 0.29) is 11.9 Å². The molecule has 0 bridgehead atoms. The molecule has 2 nitrogen and oxygen atoms in total. The van der Waals surface area contributed by atoms with E-state index < -0.39 is 0 Å². The summed E-state index contributed by atoms with van der Waals surface area (Å²) in [6.07, 6.45) is 0. The van der Waals surface area contributed by atoms with Gasteiger partial charge in [0, 0.05) is 10.6 Å². The van der Waals surface area contributed by atoms with Gasteiger partial charge in [0.2, 0.25) is 0 Å². The van der Waals surface area contributed by atoms with E-state index in [1.54, 1.807) is 17.4 Å². The van der Waals surface area contributed by atoms with E-state index in [4.69, 9.17) is 0 Å². The first kappa shape index (κ1) is 13.0. The Morgan fingerprint density at radius 1 is 1.28 bits per heavy atom. The summed E-state index contributed by atoms with van der Waals surface area (Å²) >= 11 is 1.70. The molecule has 0 saturated carbocycles. The van der Waals surface area contributed by atoms with Gasteiger partial charge in [-0.3, -0.25) is 0 Å². The zero-order valence-electron chi connectivity index (χ0n) is 11.0. The second-order valence-corrected chi connectivity index (χ2v) is 5.91. The van der Waals surface area contributed by atoms with Gasteiger partial charge in [-0.05, 0) is 51.5 Å². The van der Waals surface area contributed by atoms with Gasteiger partial charge in [-0.15, -0.1) is 11.3 Å². The van der Waals surface area contributed by atoms with Crippen LogP contribution in [-0.2, 0) is 0 Å². The predicted octanol–water partition coefficient (Wildman–Crippen LogP) is 4.38. The van der Waals surface area contributed by atoms with Crippen molar-refractivity contribution in [2.45, 2.75) is 33.7 Å². The van der Waals surface area contributed by atoms with Crippen LogP contribution < -0.4 is 5.32 Å². The minimum Gasteiger partial charge on any atom is -0.377 e. The lowest BCUT2D eigenvalue weighted by molar-refractivity contribution is 0.626. The first-order chi connectivity index (χ1) is 8.47. The standard InChI is InChI=1S/C14H17FN2S/c1-8-7-12(15)5-6-13(8)16-9(2)14-10(3)18-11(4)17-14/h5-7,9,16H,1-4H3. The van der Waals surface area contributed by atoms with Crippen LogP contribution in [0.25, 0.3) is 0 Å². The van der Waals surface area contributed by atoms with E-state index in [0.717, 1.165) is 22.0 Å². The minimum absolute atomic E-state index is 0.124. The van der Waals surface area contributed by atoms with Gasteiger partial charge in [0.25, 0.3) is 0 Å². The molecule has 2 aromatic rings. The van der Waals surface area contributed by atoms with Gasteiger partial charge in [-0.1, -0.05) is 0 Å². The van der Waals surface area contributed by atoms with Crippen molar-refractivity contribution in [3.63, 3.8) is 0 Å². The number of rotatable bonds is 3. The molecule has 0 aliphatic rings. The molecule has 0 amide bonds. The van der Waals surface area contributed by atoms with E-state index in [1.807, 2.05) is 13.8 Å². The molecule has 96 valence electrons. The Morgan fingerprint density at radius 2 is 2.00 bits per heavy atom. The van der Waals surface area contributed by atoms with Gasteiger partial charge in [-0.25, -0.2) is 9.37 Å². The van der Waals surface area contributed by atoms with Crippen molar-refractivity contribution < 1.29 is 4.39 Å². The Hall–Kier alpha value is -1.42. The van der Waals surface area contributed by atoms with Crippen molar-refractivity contribution >= 4 is 17.0 Å². The highest BCUT2D eigenvalue weighted by Gasteiger charge is 2.13. The number of halogens is 1. The molecule has 0 spiro atoms. The molecule has 18 heavy (non-hydrogen) atoms. The van der Waals surface area contributed by atoms with Gasteiger partial charge < -0.3 is 5.32 Å². The molecule has 0 saturated heterocycles. The first-order valence-electron chi connectivity index (χ1n) is 5.94. The number of hydrogen-bond donors (Lipinski definition) is 1. The minimum atomic E-state index is -0.202. The fraction of sp³-hybridized carbons (Fsp3) is 0.357. The van der Waals surface area contributed by atoms with E-state index in [0.29, 0.717) is 0 Å². The number of nitrogens with one attached hydrogen (secondary N) is 1. The van der Waals surface area contributed by atoms with E-state index >= 15 is 0 Å². The lowest BCUT2D eigenvalue weighted by Gasteiger charge is -2.16. The van der Waals surface area contributed by atoms with Crippen LogP contribution in [-0.4, -0.2) is 4.98 Å². The molecule has 4 heteroatoms. The summed E-state index contributed by atoms with van der Waals surface area (Å²) in [5, 5.41) is 4.46. The third-order valence-corrected chi connectivity index (χ3v) is 3.81. The summed E-state index contributed by atoms with van der Waals surface area (Å²) in [5.41, 5.74) is 2.93. The Bertz CT molecular complexity index is 563.